The first kappa shape index (κ1) is 15.4. The molecule has 0 saturated heterocycles. The van der Waals surface area contributed by atoms with Gasteiger partial charge in [0.15, 0.2) is 0 Å². The quantitative estimate of drug-likeness (QED) is 0.823. The van der Waals surface area contributed by atoms with Crippen LogP contribution in [0.4, 0.5) is 0 Å². The molecule has 1 aromatic rings. The van der Waals surface area contributed by atoms with Gasteiger partial charge in [0.05, 0.1) is 10.7 Å². The minimum atomic E-state index is 0.0142. The third-order valence-corrected chi connectivity index (χ3v) is 6.95. The lowest BCUT2D eigenvalue weighted by molar-refractivity contribution is -0.116. The van der Waals surface area contributed by atoms with E-state index < -0.39 is 0 Å². The van der Waals surface area contributed by atoms with Crippen molar-refractivity contribution in [1.29, 1.82) is 0 Å². The molecule has 1 N–H and O–H groups in total. The van der Waals surface area contributed by atoms with Crippen molar-refractivity contribution in [3.63, 3.8) is 0 Å². The van der Waals surface area contributed by atoms with Crippen molar-refractivity contribution in [3.8, 4) is 0 Å². The Morgan fingerprint density at radius 1 is 1.30 bits per heavy atom. The van der Waals surface area contributed by atoms with Crippen LogP contribution in [0, 0.1) is 30.1 Å². The van der Waals surface area contributed by atoms with E-state index in [1.165, 1.54) is 44.9 Å². The predicted octanol–water partition coefficient (Wildman–Crippen LogP) is 4.19. The molecule has 1 aromatic heterocycles. The van der Waals surface area contributed by atoms with Crippen molar-refractivity contribution in [1.82, 2.24) is 10.3 Å². The molecule has 4 saturated carbocycles. The van der Waals surface area contributed by atoms with E-state index in [0.717, 1.165) is 35.0 Å². The second-order valence-electron chi connectivity index (χ2n) is 8.08. The average Bonchev–Trinajstić information content (AvgIpc) is 2.89. The maximum absolute atomic E-state index is 12.0. The highest BCUT2D eigenvalue weighted by molar-refractivity contribution is 7.09. The lowest BCUT2D eigenvalue weighted by atomic mass is 9.49. The third-order valence-electron chi connectivity index (χ3n) is 6.16. The zero-order chi connectivity index (χ0) is 15.9. The third kappa shape index (κ3) is 3.37. The summed E-state index contributed by atoms with van der Waals surface area (Å²) >= 11 is 1.61. The highest BCUT2D eigenvalue weighted by Crippen LogP contribution is 2.61. The molecule has 4 aliphatic carbocycles. The van der Waals surface area contributed by atoms with Crippen molar-refractivity contribution in [3.05, 3.63) is 22.2 Å². The van der Waals surface area contributed by atoms with Crippen molar-refractivity contribution in [2.45, 2.75) is 51.9 Å². The van der Waals surface area contributed by atoms with Gasteiger partial charge in [-0.15, -0.1) is 11.3 Å². The first-order valence-corrected chi connectivity index (χ1v) is 9.86. The van der Waals surface area contributed by atoms with Crippen molar-refractivity contribution >= 4 is 23.3 Å². The number of thiazole rings is 1. The van der Waals surface area contributed by atoms with E-state index in [4.69, 9.17) is 0 Å². The number of hydrogen-bond acceptors (Lipinski definition) is 3. The van der Waals surface area contributed by atoms with E-state index in [2.05, 4.69) is 10.3 Å². The lowest BCUT2D eigenvalue weighted by Gasteiger charge is -2.57. The number of aryl methyl sites for hydroxylation is 1. The molecule has 3 nitrogen and oxygen atoms in total. The van der Waals surface area contributed by atoms with Gasteiger partial charge >= 0.3 is 0 Å². The van der Waals surface area contributed by atoms with Crippen LogP contribution in [0.25, 0.3) is 6.08 Å². The number of carbonyl (C=O) groups is 1. The minimum Gasteiger partial charge on any atom is -0.353 e. The molecule has 4 fully saturated rings. The Hall–Kier alpha value is -1.16. The van der Waals surface area contributed by atoms with Crippen LogP contribution in [0.15, 0.2) is 11.5 Å². The highest BCUT2D eigenvalue weighted by Gasteiger charge is 2.50. The zero-order valence-corrected chi connectivity index (χ0v) is 14.7. The summed E-state index contributed by atoms with van der Waals surface area (Å²) in [4.78, 5) is 16.3. The molecule has 0 radical (unpaired) electrons. The molecule has 5 rings (SSSR count). The number of carbonyl (C=O) groups excluding carboxylic acids is 1. The fraction of sp³-hybridized carbons (Fsp3) is 0.684. The Morgan fingerprint density at radius 2 is 1.96 bits per heavy atom. The standard InChI is InChI=1S/C19H26N2OS/c1-13-21-17(12-23-13)2-3-18(22)20-5-4-19-9-14-6-15(10-19)8-16(7-14)11-19/h2-3,12,14-16H,4-11H2,1H3,(H,20,22)/b3-2-. The van der Waals surface area contributed by atoms with E-state index in [-0.39, 0.29) is 5.91 Å². The van der Waals surface area contributed by atoms with E-state index >= 15 is 0 Å². The molecular formula is C19H26N2OS. The van der Waals surface area contributed by atoms with Gasteiger partial charge in [-0.3, -0.25) is 4.79 Å². The van der Waals surface area contributed by atoms with Gasteiger partial charge < -0.3 is 5.32 Å². The number of nitrogens with one attached hydrogen (secondary N) is 1. The van der Waals surface area contributed by atoms with Crippen molar-refractivity contribution < 1.29 is 4.79 Å². The highest BCUT2D eigenvalue weighted by atomic mass is 32.1. The topological polar surface area (TPSA) is 42.0 Å². The number of nitrogens with zero attached hydrogens (tertiary/aromatic N) is 1. The molecule has 0 unspecified atom stereocenters. The molecular weight excluding hydrogens is 304 g/mol. The van der Waals surface area contributed by atoms with E-state index in [1.54, 1.807) is 17.4 Å². The van der Waals surface area contributed by atoms with Gasteiger partial charge in [0.1, 0.15) is 0 Å². The van der Waals surface area contributed by atoms with Gasteiger partial charge in [-0.1, -0.05) is 0 Å². The van der Waals surface area contributed by atoms with Crippen LogP contribution in [0.1, 0.15) is 55.6 Å². The van der Waals surface area contributed by atoms with E-state index in [9.17, 15) is 4.79 Å². The largest absolute Gasteiger partial charge is 0.353 e. The maximum atomic E-state index is 12.0. The number of aromatic nitrogens is 1. The van der Waals surface area contributed by atoms with E-state index in [1.807, 2.05) is 18.4 Å². The van der Waals surface area contributed by atoms with Gasteiger partial charge in [-0.25, -0.2) is 4.98 Å². The average molecular weight is 330 g/mol. The second-order valence-corrected chi connectivity index (χ2v) is 9.15. The smallest absolute Gasteiger partial charge is 0.244 e. The van der Waals surface area contributed by atoms with Crippen LogP contribution in [0.2, 0.25) is 0 Å². The summed E-state index contributed by atoms with van der Waals surface area (Å²) in [6.07, 6.45) is 13.3. The Kier molecular flexibility index (Phi) is 4.04. The summed E-state index contributed by atoms with van der Waals surface area (Å²) in [5.74, 6) is 2.99. The number of hydrogen-bond donors (Lipinski definition) is 1. The normalized spacial score (nSPS) is 35.1. The molecule has 1 amide bonds. The first-order valence-electron chi connectivity index (χ1n) is 8.98. The lowest BCUT2D eigenvalue weighted by Crippen LogP contribution is -2.47. The van der Waals surface area contributed by atoms with Crippen molar-refractivity contribution in [2.24, 2.45) is 23.2 Å². The van der Waals surface area contributed by atoms with Crippen LogP contribution in [0.3, 0.4) is 0 Å². The molecule has 4 bridgehead atoms. The number of rotatable bonds is 5. The SMILES string of the molecule is Cc1nc(/C=C\C(=O)NCCC23CC4CC(CC(C4)C2)C3)cs1. The van der Waals surface area contributed by atoms with Crippen LogP contribution in [-0.4, -0.2) is 17.4 Å². The summed E-state index contributed by atoms with van der Waals surface area (Å²) in [5, 5.41) is 6.10. The maximum Gasteiger partial charge on any atom is 0.244 e. The van der Waals surface area contributed by atoms with Crippen LogP contribution in [0.5, 0.6) is 0 Å². The van der Waals surface area contributed by atoms with Crippen LogP contribution >= 0.6 is 11.3 Å². The Balaban J connectivity index is 1.27. The monoisotopic (exact) mass is 330 g/mol. The molecule has 1 heterocycles. The summed E-state index contributed by atoms with van der Waals surface area (Å²) in [6, 6.07) is 0. The molecule has 0 atom stereocenters. The van der Waals surface area contributed by atoms with Gasteiger partial charge in [-0.2, -0.15) is 0 Å². The predicted molar refractivity (Wildman–Crippen MR) is 94.1 cm³/mol. The molecule has 4 heteroatoms. The fourth-order valence-electron chi connectivity index (χ4n) is 5.72. The summed E-state index contributed by atoms with van der Waals surface area (Å²) in [7, 11) is 0. The van der Waals surface area contributed by atoms with Crippen LogP contribution in [-0.2, 0) is 4.79 Å². The second kappa shape index (κ2) is 6.04. The fourth-order valence-corrected chi connectivity index (χ4v) is 6.30. The molecule has 23 heavy (non-hydrogen) atoms. The molecule has 0 aromatic carbocycles. The Labute approximate surface area is 142 Å². The Morgan fingerprint density at radius 3 is 2.52 bits per heavy atom. The first-order chi connectivity index (χ1) is 11.1. The Bertz CT molecular complexity index is 583. The van der Waals surface area contributed by atoms with E-state index in [0.29, 0.717) is 5.41 Å². The molecule has 0 aliphatic heterocycles. The van der Waals surface area contributed by atoms with Crippen LogP contribution < -0.4 is 5.32 Å². The van der Waals surface area contributed by atoms with Gasteiger partial charge in [0.25, 0.3) is 0 Å². The number of amides is 1. The molecule has 0 spiro atoms. The zero-order valence-electron chi connectivity index (χ0n) is 13.9. The van der Waals surface area contributed by atoms with Crippen molar-refractivity contribution in [2.75, 3.05) is 6.54 Å². The minimum absolute atomic E-state index is 0.0142. The van der Waals surface area contributed by atoms with Gasteiger partial charge in [0.2, 0.25) is 5.91 Å². The molecule has 124 valence electrons. The summed E-state index contributed by atoms with van der Waals surface area (Å²) < 4.78 is 0. The molecule has 4 aliphatic rings. The summed E-state index contributed by atoms with van der Waals surface area (Å²) in [5.41, 5.74) is 1.43. The summed E-state index contributed by atoms with van der Waals surface area (Å²) in [6.45, 7) is 2.80. The van der Waals surface area contributed by atoms with Gasteiger partial charge in [-0.05, 0) is 81.1 Å². The van der Waals surface area contributed by atoms with Gasteiger partial charge in [0, 0.05) is 18.0 Å².